The SMILES string of the molecule is NC(=O)c1cccc(NC(=O)c2cccc(OCC3CCCO3)c2)c1. The summed E-state index contributed by atoms with van der Waals surface area (Å²) in [4.78, 5) is 23.6. The molecule has 1 heterocycles. The largest absolute Gasteiger partial charge is 0.491 e. The molecular weight excluding hydrogens is 320 g/mol. The third-order valence-corrected chi connectivity index (χ3v) is 3.96. The predicted octanol–water partition coefficient (Wildman–Crippen LogP) is 2.60. The van der Waals surface area contributed by atoms with Gasteiger partial charge in [-0.25, -0.2) is 0 Å². The minimum atomic E-state index is -0.541. The van der Waals surface area contributed by atoms with Crippen molar-refractivity contribution in [2.45, 2.75) is 18.9 Å². The van der Waals surface area contributed by atoms with Crippen LogP contribution in [0.4, 0.5) is 5.69 Å². The van der Waals surface area contributed by atoms with Gasteiger partial charge in [-0.3, -0.25) is 9.59 Å². The first kappa shape index (κ1) is 17.0. The number of hydrogen-bond donors (Lipinski definition) is 2. The molecule has 6 heteroatoms. The third kappa shape index (κ3) is 4.58. The summed E-state index contributed by atoms with van der Waals surface area (Å²) in [7, 11) is 0. The van der Waals surface area contributed by atoms with Crippen molar-refractivity contribution in [1.29, 1.82) is 0 Å². The van der Waals surface area contributed by atoms with E-state index in [9.17, 15) is 9.59 Å². The first-order chi connectivity index (χ1) is 12.1. The molecule has 2 amide bonds. The zero-order valence-corrected chi connectivity index (χ0v) is 13.7. The Balaban J connectivity index is 1.64. The molecule has 1 unspecified atom stereocenters. The number of nitrogens with two attached hydrogens (primary N) is 1. The van der Waals surface area contributed by atoms with Crippen molar-refractivity contribution in [1.82, 2.24) is 0 Å². The smallest absolute Gasteiger partial charge is 0.255 e. The third-order valence-electron chi connectivity index (χ3n) is 3.96. The van der Waals surface area contributed by atoms with Crippen molar-refractivity contribution >= 4 is 17.5 Å². The Kier molecular flexibility index (Phi) is 5.30. The van der Waals surface area contributed by atoms with Crippen molar-refractivity contribution < 1.29 is 19.1 Å². The van der Waals surface area contributed by atoms with E-state index in [1.807, 2.05) is 0 Å². The number of rotatable bonds is 6. The molecule has 130 valence electrons. The maximum absolute atomic E-state index is 12.4. The Hall–Kier alpha value is -2.86. The number of carbonyl (C=O) groups excluding carboxylic acids is 2. The molecule has 1 saturated heterocycles. The van der Waals surface area contributed by atoms with E-state index in [-0.39, 0.29) is 12.0 Å². The topological polar surface area (TPSA) is 90.7 Å². The van der Waals surface area contributed by atoms with Gasteiger partial charge in [0.05, 0.1) is 6.10 Å². The fraction of sp³-hybridized carbons (Fsp3) is 0.263. The van der Waals surface area contributed by atoms with Crippen molar-refractivity contribution in [3.8, 4) is 5.75 Å². The van der Waals surface area contributed by atoms with Gasteiger partial charge in [0.2, 0.25) is 5.91 Å². The summed E-state index contributed by atoms with van der Waals surface area (Å²) in [6.07, 6.45) is 2.17. The van der Waals surface area contributed by atoms with Crippen LogP contribution in [-0.2, 0) is 4.74 Å². The van der Waals surface area contributed by atoms with Crippen LogP contribution in [0.2, 0.25) is 0 Å². The lowest BCUT2D eigenvalue weighted by Gasteiger charge is -2.12. The monoisotopic (exact) mass is 340 g/mol. The zero-order chi connectivity index (χ0) is 17.6. The van der Waals surface area contributed by atoms with E-state index in [1.165, 1.54) is 6.07 Å². The van der Waals surface area contributed by atoms with E-state index in [1.54, 1.807) is 42.5 Å². The lowest BCUT2D eigenvalue weighted by molar-refractivity contribution is 0.0679. The second-order valence-corrected chi connectivity index (χ2v) is 5.87. The number of carbonyl (C=O) groups is 2. The molecule has 0 radical (unpaired) electrons. The maximum Gasteiger partial charge on any atom is 0.255 e. The summed E-state index contributed by atoms with van der Waals surface area (Å²) in [5.74, 6) is -0.209. The molecule has 2 aromatic carbocycles. The first-order valence-electron chi connectivity index (χ1n) is 8.17. The van der Waals surface area contributed by atoms with Gasteiger partial charge in [0, 0.05) is 23.4 Å². The van der Waals surface area contributed by atoms with Crippen LogP contribution in [0.3, 0.4) is 0 Å². The van der Waals surface area contributed by atoms with Crippen LogP contribution in [0.1, 0.15) is 33.6 Å². The summed E-state index contributed by atoms with van der Waals surface area (Å²) in [5.41, 5.74) is 6.56. The molecule has 3 rings (SSSR count). The molecule has 2 aromatic rings. The highest BCUT2D eigenvalue weighted by molar-refractivity contribution is 6.05. The highest BCUT2D eigenvalue weighted by Crippen LogP contribution is 2.18. The van der Waals surface area contributed by atoms with Crippen LogP contribution in [0.25, 0.3) is 0 Å². The van der Waals surface area contributed by atoms with Gasteiger partial charge in [0.1, 0.15) is 12.4 Å². The van der Waals surface area contributed by atoms with Gasteiger partial charge in [0.25, 0.3) is 5.91 Å². The number of benzene rings is 2. The Morgan fingerprint density at radius 1 is 1.16 bits per heavy atom. The van der Waals surface area contributed by atoms with Crippen LogP contribution >= 0.6 is 0 Å². The van der Waals surface area contributed by atoms with Crippen molar-refractivity contribution in [2.75, 3.05) is 18.5 Å². The van der Waals surface area contributed by atoms with Crippen LogP contribution in [0.5, 0.6) is 5.75 Å². The van der Waals surface area contributed by atoms with Gasteiger partial charge in [-0.2, -0.15) is 0 Å². The van der Waals surface area contributed by atoms with E-state index < -0.39 is 5.91 Å². The second-order valence-electron chi connectivity index (χ2n) is 5.87. The molecule has 1 atom stereocenters. The molecule has 1 fully saturated rings. The summed E-state index contributed by atoms with van der Waals surface area (Å²) < 4.78 is 11.2. The number of nitrogens with one attached hydrogen (secondary N) is 1. The minimum Gasteiger partial charge on any atom is -0.491 e. The van der Waals surface area contributed by atoms with Crippen molar-refractivity contribution in [3.63, 3.8) is 0 Å². The molecule has 0 bridgehead atoms. The van der Waals surface area contributed by atoms with Crippen LogP contribution < -0.4 is 15.8 Å². The highest BCUT2D eigenvalue weighted by Gasteiger charge is 2.16. The van der Waals surface area contributed by atoms with Crippen molar-refractivity contribution in [3.05, 3.63) is 59.7 Å². The van der Waals surface area contributed by atoms with E-state index in [0.29, 0.717) is 29.2 Å². The van der Waals surface area contributed by atoms with Gasteiger partial charge in [-0.15, -0.1) is 0 Å². The molecule has 0 aromatic heterocycles. The van der Waals surface area contributed by atoms with Gasteiger partial charge < -0.3 is 20.5 Å². The molecule has 0 saturated carbocycles. The lowest BCUT2D eigenvalue weighted by Crippen LogP contribution is -2.17. The van der Waals surface area contributed by atoms with Gasteiger partial charge in [-0.1, -0.05) is 12.1 Å². The van der Waals surface area contributed by atoms with E-state index in [4.69, 9.17) is 15.2 Å². The van der Waals surface area contributed by atoms with E-state index >= 15 is 0 Å². The molecular formula is C19H20N2O4. The number of anilines is 1. The average molecular weight is 340 g/mol. The average Bonchev–Trinajstić information content (AvgIpc) is 3.14. The van der Waals surface area contributed by atoms with Crippen LogP contribution in [0, 0.1) is 0 Å². The first-order valence-corrected chi connectivity index (χ1v) is 8.17. The minimum absolute atomic E-state index is 0.119. The summed E-state index contributed by atoms with van der Waals surface area (Å²) in [6, 6.07) is 13.4. The zero-order valence-electron chi connectivity index (χ0n) is 13.7. The molecule has 6 nitrogen and oxygen atoms in total. The molecule has 3 N–H and O–H groups in total. The van der Waals surface area contributed by atoms with Gasteiger partial charge >= 0.3 is 0 Å². The molecule has 0 spiro atoms. The fourth-order valence-electron chi connectivity index (χ4n) is 2.65. The fourth-order valence-corrected chi connectivity index (χ4v) is 2.65. The van der Waals surface area contributed by atoms with E-state index in [2.05, 4.69) is 5.32 Å². The van der Waals surface area contributed by atoms with Crippen LogP contribution in [-0.4, -0.2) is 31.1 Å². The number of primary amides is 1. The Bertz CT molecular complexity index is 770. The quantitative estimate of drug-likeness (QED) is 0.846. The molecule has 1 aliphatic heterocycles. The standard InChI is InChI=1S/C19H20N2O4/c20-18(22)13-4-1-6-15(10-13)21-19(23)14-5-2-7-16(11-14)25-12-17-8-3-9-24-17/h1-2,4-7,10-11,17H,3,8-9,12H2,(H2,20,22)(H,21,23). The molecule has 25 heavy (non-hydrogen) atoms. The summed E-state index contributed by atoms with van der Waals surface area (Å²) in [5, 5.41) is 2.75. The van der Waals surface area contributed by atoms with Crippen LogP contribution in [0.15, 0.2) is 48.5 Å². The van der Waals surface area contributed by atoms with E-state index in [0.717, 1.165) is 19.4 Å². The number of ether oxygens (including phenoxy) is 2. The van der Waals surface area contributed by atoms with Crippen molar-refractivity contribution in [2.24, 2.45) is 5.73 Å². The second kappa shape index (κ2) is 7.81. The summed E-state index contributed by atoms with van der Waals surface area (Å²) in [6.45, 7) is 1.26. The lowest BCUT2D eigenvalue weighted by atomic mass is 10.1. The normalized spacial score (nSPS) is 16.4. The predicted molar refractivity (Wildman–Crippen MR) is 93.8 cm³/mol. The Morgan fingerprint density at radius 3 is 2.72 bits per heavy atom. The maximum atomic E-state index is 12.4. The molecule has 1 aliphatic rings. The van der Waals surface area contributed by atoms with Gasteiger partial charge in [-0.05, 0) is 49.2 Å². The summed E-state index contributed by atoms with van der Waals surface area (Å²) >= 11 is 0. The number of hydrogen-bond acceptors (Lipinski definition) is 4. The molecule has 0 aliphatic carbocycles. The van der Waals surface area contributed by atoms with Gasteiger partial charge in [0.15, 0.2) is 0 Å². The number of amides is 2. The Morgan fingerprint density at radius 2 is 1.96 bits per heavy atom. The highest BCUT2D eigenvalue weighted by atomic mass is 16.5. The Labute approximate surface area is 145 Å².